The number of ether oxygens (including phenoxy) is 2. The van der Waals surface area contributed by atoms with Gasteiger partial charge >= 0.3 is 0 Å². The molecule has 2 rings (SSSR count). The van der Waals surface area contributed by atoms with Crippen LogP contribution in [-0.4, -0.2) is 75.9 Å². The number of methoxy groups -OCH3 is 1. The van der Waals surface area contributed by atoms with E-state index in [9.17, 15) is 0 Å². The molecule has 0 aliphatic carbocycles. The summed E-state index contributed by atoms with van der Waals surface area (Å²) in [4.78, 5) is 6.95. The summed E-state index contributed by atoms with van der Waals surface area (Å²) in [5.74, 6) is 1.26. The second kappa shape index (κ2) is 15.3. The minimum Gasteiger partial charge on any atom is -0.494 e. The van der Waals surface area contributed by atoms with Gasteiger partial charge < -0.3 is 19.3 Å². The molecule has 1 aliphatic rings. The van der Waals surface area contributed by atoms with E-state index in [-0.39, 0.29) is 0 Å². The Labute approximate surface area is 210 Å². The fourth-order valence-corrected chi connectivity index (χ4v) is 4.01. The standard InChI is InChI=1S/C26H39Cl2N3O2/c1-5-23-11-12-25(19-26(23)29(3)21-32-4)33-18-7-6-13-30-14-16-31(17-15-30)22(2)9-8-10-24(28)20-27/h8-12,19H,2,5-7,13-18,20-21H2,1,3-4H3/b9-8-,24-10+. The Balaban J connectivity index is 1.67. The van der Waals surface area contributed by atoms with Crippen molar-refractivity contribution >= 4 is 28.9 Å². The number of unbranched alkanes of at least 4 members (excludes halogenated alkanes) is 1. The van der Waals surface area contributed by atoms with Gasteiger partial charge in [-0.05, 0) is 49.6 Å². The molecule has 1 aromatic carbocycles. The molecule has 33 heavy (non-hydrogen) atoms. The smallest absolute Gasteiger partial charge is 0.121 e. The largest absolute Gasteiger partial charge is 0.494 e. The number of nitrogens with zero attached hydrogens (tertiary/aromatic N) is 3. The van der Waals surface area contributed by atoms with Crippen LogP contribution in [0.1, 0.15) is 25.3 Å². The number of alkyl halides is 1. The fourth-order valence-electron chi connectivity index (χ4n) is 3.85. The maximum atomic E-state index is 6.04. The van der Waals surface area contributed by atoms with E-state index in [0.717, 1.165) is 70.0 Å². The van der Waals surface area contributed by atoms with Crippen molar-refractivity contribution < 1.29 is 9.47 Å². The minimum absolute atomic E-state index is 0.333. The minimum atomic E-state index is 0.333. The number of allylic oxidation sites excluding steroid dienone is 4. The molecule has 0 aromatic heterocycles. The van der Waals surface area contributed by atoms with E-state index in [0.29, 0.717) is 17.6 Å². The van der Waals surface area contributed by atoms with E-state index in [1.165, 1.54) is 11.3 Å². The van der Waals surface area contributed by atoms with E-state index in [4.69, 9.17) is 32.7 Å². The van der Waals surface area contributed by atoms with Crippen LogP contribution in [0, 0.1) is 0 Å². The van der Waals surface area contributed by atoms with Gasteiger partial charge in [0.2, 0.25) is 0 Å². The highest BCUT2D eigenvalue weighted by Crippen LogP contribution is 2.26. The summed E-state index contributed by atoms with van der Waals surface area (Å²) in [6, 6.07) is 6.35. The summed E-state index contributed by atoms with van der Waals surface area (Å²) in [6.07, 6.45) is 8.88. The zero-order valence-corrected chi connectivity index (χ0v) is 21.9. The summed E-state index contributed by atoms with van der Waals surface area (Å²) in [5, 5.41) is 0.631. The second-order valence-corrected chi connectivity index (χ2v) is 8.99. The number of rotatable bonds is 14. The summed E-state index contributed by atoms with van der Waals surface area (Å²) in [5.41, 5.74) is 3.49. The van der Waals surface area contributed by atoms with Crippen LogP contribution >= 0.6 is 23.2 Å². The normalized spacial score (nSPS) is 15.3. The highest BCUT2D eigenvalue weighted by atomic mass is 35.5. The van der Waals surface area contributed by atoms with Crippen molar-refractivity contribution in [2.45, 2.75) is 26.2 Å². The first-order chi connectivity index (χ1) is 16.0. The molecule has 0 radical (unpaired) electrons. The zero-order chi connectivity index (χ0) is 24.1. The number of halogens is 2. The predicted octanol–water partition coefficient (Wildman–Crippen LogP) is 5.50. The number of hydrogen-bond acceptors (Lipinski definition) is 5. The van der Waals surface area contributed by atoms with Crippen molar-refractivity contribution in [2.24, 2.45) is 0 Å². The van der Waals surface area contributed by atoms with Crippen LogP contribution in [0.15, 0.2) is 53.7 Å². The van der Waals surface area contributed by atoms with Crippen LogP contribution < -0.4 is 9.64 Å². The third-order valence-corrected chi connectivity index (χ3v) is 6.47. The molecule has 1 saturated heterocycles. The number of benzene rings is 1. The number of anilines is 1. The number of hydrogen-bond donors (Lipinski definition) is 0. The zero-order valence-electron chi connectivity index (χ0n) is 20.4. The number of aryl methyl sites for hydroxylation is 1. The lowest BCUT2D eigenvalue weighted by atomic mass is 10.1. The van der Waals surface area contributed by atoms with Gasteiger partial charge in [-0.25, -0.2) is 0 Å². The first-order valence-corrected chi connectivity index (χ1v) is 12.6. The van der Waals surface area contributed by atoms with Gasteiger partial charge in [0.25, 0.3) is 0 Å². The van der Waals surface area contributed by atoms with Gasteiger partial charge in [-0.15, -0.1) is 11.6 Å². The molecule has 184 valence electrons. The van der Waals surface area contributed by atoms with E-state index in [1.54, 1.807) is 7.11 Å². The Bertz CT molecular complexity index is 790. The molecule has 0 bridgehead atoms. The van der Waals surface area contributed by atoms with Crippen LogP contribution in [-0.2, 0) is 11.2 Å². The van der Waals surface area contributed by atoms with Crippen molar-refractivity contribution in [1.29, 1.82) is 0 Å². The molecular weight excluding hydrogens is 457 g/mol. The summed E-state index contributed by atoms with van der Waals surface area (Å²) in [6.45, 7) is 12.8. The molecule has 0 N–H and O–H groups in total. The van der Waals surface area contributed by atoms with Crippen LogP contribution in [0.5, 0.6) is 5.75 Å². The van der Waals surface area contributed by atoms with E-state index in [1.807, 2.05) is 25.3 Å². The van der Waals surface area contributed by atoms with Crippen molar-refractivity contribution in [3.63, 3.8) is 0 Å². The van der Waals surface area contributed by atoms with E-state index < -0.39 is 0 Å². The first-order valence-electron chi connectivity index (χ1n) is 11.7. The SMILES string of the molecule is C=C(/C=C\C=C(\Cl)CCl)N1CCN(CCCCOc2ccc(CC)c(N(C)COC)c2)CC1. The molecule has 1 fully saturated rings. The maximum Gasteiger partial charge on any atom is 0.121 e. The Hall–Kier alpha value is -1.66. The molecular formula is C26H39Cl2N3O2. The van der Waals surface area contributed by atoms with Gasteiger partial charge in [0.1, 0.15) is 12.5 Å². The summed E-state index contributed by atoms with van der Waals surface area (Å²) in [7, 11) is 3.76. The van der Waals surface area contributed by atoms with Crippen molar-refractivity contribution in [3.05, 3.63) is 59.3 Å². The topological polar surface area (TPSA) is 28.2 Å². The Morgan fingerprint density at radius 2 is 1.97 bits per heavy atom. The Morgan fingerprint density at radius 3 is 2.64 bits per heavy atom. The van der Waals surface area contributed by atoms with Crippen LogP contribution in [0.4, 0.5) is 5.69 Å². The van der Waals surface area contributed by atoms with Gasteiger partial charge in [-0.3, -0.25) is 4.90 Å². The molecule has 7 heteroatoms. The third kappa shape index (κ3) is 9.62. The van der Waals surface area contributed by atoms with Gasteiger partial charge in [0.05, 0.1) is 12.5 Å². The lowest BCUT2D eigenvalue weighted by Gasteiger charge is -2.36. The lowest BCUT2D eigenvalue weighted by Crippen LogP contribution is -2.45. The van der Waals surface area contributed by atoms with Gasteiger partial charge in [0, 0.05) is 62.8 Å². The molecule has 1 aromatic rings. The molecule has 0 amide bonds. The average molecular weight is 497 g/mol. The first kappa shape index (κ1) is 27.6. The monoisotopic (exact) mass is 495 g/mol. The summed E-state index contributed by atoms with van der Waals surface area (Å²) < 4.78 is 11.3. The molecule has 5 nitrogen and oxygen atoms in total. The molecule has 1 aliphatic heterocycles. The number of piperazine rings is 1. The quantitative estimate of drug-likeness (QED) is 0.147. The third-order valence-electron chi connectivity index (χ3n) is 5.78. The molecule has 0 spiro atoms. The highest BCUT2D eigenvalue weighted by Gasteiger charge is 2.16. The van der Waals surface area contributed by atoms with Gasteiger partial charge in [0.15, 0.2) is 0 Å². The van der Waals surface area contributed by atoms with Gasteiger partial charge in [-0.1, -0.05) is 37.2 Å². The fraction of sp³-hybridized carbons (Fsp3) is 0.538. The lowest BCUT2D eigenvalue weighted by molar-refractivity contribution is 0.157. The molecule has 1 heterocycles. The highest BCUT2D eigenvalue weighted by molar-refractivity contribution is 6.35. The van der Waals surface area contributed by atoms with Crippen LogP contribution in [0.3, 0.4) is 0 Å². The molecule has 0 unspecified atom stereocenters. The van der Waals surface area contributed by atoms with Crippen molar-refractivity contribution in [1.82, 2.24) is 9.80 Å². The Morgan fingerprint density at radius 1 is 1.21 bits per heavy atom. The van der Waals surface area contributed by atoms with Gasteiger partial charge in [-0.2, -0.15) is 0 Å². The van der Waals surface area contributed by atoms with Crippen molar-refractivity contribution in [2.75, 3.05) is 71.0 Å². The van der Waals surface area contributed by atoms with E-state index in [2.05, 4.69) is 46.4 Å². The molecule has 0 atom stereocenters. The predicted molar refractivity (Wildman–Crippen MR) is 142 cm³/mol. The Kier molecular flexibility index (Phi) is 12.8. The van der Waals surface area contributed by atoms with Crippen LogP contribution in [0.2, 0.25) is 0 Å². The summed E-state index contributed by atoms with van der Waals surface area (Å²) >= 11 is 11.6. The average Bonchev–Trinajstić information content (AvgIpc) is 2.84. The second-order valence-electron chi connectivity index (χ2n) is 8.24. The van der Waals surface area contributed by atoms with E-state index >= 15 is 0 Å². The van der Waals surface area contributed by atoms with Crippen molar-refractivity contribution in [3.8, 4) is 5.75 Å². The van der Waals surface area contributed by atoms with Crippen LogP contribution in [0.25, 0.3) is 0 Å². The molecule has 0 saturated carbocycles. The maximum absolute atomic E-state index is 6.04.